The van der Waals surface area contributed by atoms with E-state index >= 15 is 0 Å². The van der Waals surface area contributed by atoms with Crippen LogP contribution in [0, 0.1) is 11.3 Å². The van der Waals surface area contributed by atoms with Crippen molar-refractivity contribution in [1.82, 2.24) is 25.4 Å². The van der Waals surface area contributed by atoms with Gasteiger partial charge in [-0.25, -0.2) is 9.67 Å². The molecule has 6 nitrogen and oxygen atoms in total. The SMILES string of the molecule is CCc1nc2n(n1)CCCC2NC(=O)C1CC12CCNCC2.Cl.Cl. The Kier molecular flexibility index (Phi) is 6.15. The lowest BCUT2D eigenvalue weighted by atomic mass is 9.91. The number of hydrogen-bond donors (Lipinski definition) is 2. The summed E-state index contributed by atoms with van der Waals surface area (Å²) in [5.41, 5.74) is 0.298. The van der Waals surface area contributed by atoms with E-state index in [0.29, 0.717) is 5.41 Å². The monoisotopic (exact) mass is 375 g/mol. The fourth-order valence-electron chi connectivity index (χ4n) is 4.15. The van der Waals surface area contributed by atoms with Gasteiger partial charge in [-0.2, -0.15) is 5.10 Å². The van der Waals surface area contributed by atoms with E-state index in [1.165, 1.54) is 0 Å². The number of hydrogen-bond acceptors (Lipinski definition) is 4. The lowest BCUT2D eigenvalue weighted by molar-refractivity contribution is -0.124. The first-order valence-corrected chi connectivity index (χ1v) is 8.66. The number of carbonyl (C=O) groups excluding carboxylic acids is 1. The number of nitrogens with one attached hydrogen (secondary N) is 2. The number of halogens is 2. The van der Waals surface area contributed by atoms with Gasteiger partial charge < -0.3 is 10.6 Å². The van der Waals surface area contributed by atoms with E-state index in [2.05, 4.69) is 27.6 Å². The highest BCUT2D eigenvalue weighted by atomic mass is 35.5. The lowest BCUT2D eigenvalue weighted by Gasteiger charge is -2.25. The van der Waals surface area contributed by atoms with Crippen LogP contribution in [0.3, 0.4) is 0 Å². The van der Waals surface area contributed by atoms with Crippen LogP contribution in [0.1, 0.15) is 56.7 Å². The van der Waals surface area contributed by atoms with Crippen molar-refractivity contribution in [2.45, 2.75) is 58.0 Å². The summed E-state index contributed by atoms with van der Waals surface area (Å²) < 4.78 is 1.99. The molecule has 2 fully saturated rings. The van der Waals surface area contributed by atoms with Crippen LogP contribution in [0.5, 0.6) is 0 Å². The van der Waals surface area contributed by atoms with Gasteiger partial charge in [0.2, 0.25) is 5.91 Å². The average molecular weight is 376 g/mol. The Labute approximate surface area is 155 Å². The van der Waals surface area contributed by atoms with Crippen molar-refractivity contribution in [3.63, 3.8) is 0 Å². The molecule has 8 heteroatoms. The molecule has 3 heterocycles. The molecule has 1 spiro atoms. The molecule has 1 saturated heterocycles. The van der Waals surface area contributed by atoms with Gasteiger partial charge in [0.15, 0.2) is 5.82 Å². The second-order valence-electron chi connectivity index (χ2n) is 7.04. The van der Waals surface area contributed by atoms with Gasteiger partial charge in [-0.05, 0) is 50.6 Å². The van der Waals surface area contributed by atoms with Gasteiger partial charge in [0, 0.05) is 18.9 Å². The second-order valence-corrected chi connectivity index (χ2v) is 7.04. The number of aryl methyl sites for hydroxylation is 2. The van der Waals surface area contributed by atoms with E-state index in [0.717, 1.165) is 69.8 Å². The summed E-state index contributed by atoms with van der Waals surface area (Å²) in [7, 11) is 0. The Morgan fingerprint density at radius 1 is 1.38 bits per heavy atom. The van der Waals surface area contributed by atoms with Crippen molar-refractivity contribution in [3.8, 4) is 0 Å². The first-order valence-electron chi connectivity index (χ1n) is 8.66. The largest absolute Gasteiger partial charge is 0.346 e. The standard InChI is InChI=1S/C16H25N5O.2ClH/c1-2-13-19-14-12(4-3-9-21(14)20-13)18-15(22)11-10-16(11)5-7-17-8-6-16;;/h11-12,17H,2-10H2,1H3,(H,18,22);2*1H. The summed E-state index contributed by atoms with van der Waals surface area (Å²) in [5.74, 6) is 2.30. The molecule has 24 heavy (non-hydrogen) atoms. The highest BCUT2D eigenvalue weighted by molar-refractivity contribution is 5.85. The maximum atomic E-state index is 12.6. The van der Waals surface area contributed by atoms with Crippen molar-refractivity contribution >= 4 is 30.7 Å². The number of piperidine rings is 1. The molecule has 1 saturated carbocycles. The Morgan fingerprint density at radius 3 is 2.83 bits per heavy atom. The molecular weight excluding hydrogens is 349 g/mol. The van der Waals surface area contributed by atoms with Crippen LogP contribution in [-0.2, 0) is 17.8 Å². The van der Waals surface area contributed by atoms with E-state index in [9.17, 15) is 4.79 Å². The third kappa shape index (κ3) is 3.41. The smallest absolute Gasteiger partial charge is 0.224 e. The molecule has 0 radical (unpaired) electrons. The minimum Gasteiger partial charge on any atom is -0.346 e. The third-order valence-corrected chi connectivity index (χ3v) is 5.66. The summed E-state index contributed by atoms with van der Waals surface area (Å²) in [6.07, 6.45) is 6.25. The van der Waals surface area contributed by atoms with Crippen LogP contribution >= 0.6 is 24.8 Å². The van der Waals surface area contributed by atoms with Gasteiger partial charge in [0.05, 0.1) is 6.04 Å². The molecule has 1 amide bonds. The zero-order chi connectivity index (χ0) is 15.2. The van der Waals surface area contributed by atoms with E-state index in [4.69, 9.17) is 0 Å². The van der Waals surface area contributed by atoms with E-state index in [1.54, 1.807) is 0 Å². The zero-order valence-electron chi connectivity index (χ0n) is 14.1. The van der Waals surface area contributed by atoms with Gasteiger partial charge in [-0.15, -0.1) is 24.8 Å². The van der Waals surface area contributed by atoms with Crippen LogP contribution in [-0.4, -0.2) is 33.8 Å². The average Bonchev–Trinajstić information content (AvgIpc) is 3.05. The maximum absolute atomic E-state index is 12.6. The molecular formula is C16H27Cl2N5O. The molecule has 136 valence electrons. The van der Waals surface area contributed by atoms with Gasteiger partial charge >= 0.3 is 0 Å². The van der Waals surface area contributed by atoms with Gasteiger partial charge in [0.1, 0.15) is 5.82 Å². The molecule has 0 aromatic carbocycles. The van der Waals surface area contributed by atoms with Crippen molar-refractivity contribution < 1.29 is 4.79 Å². The molecule has 4 rings (SSSR count). The Morgan fingerprint density at radius 2 is 2.12 bits per heavy atom. The van der Waals surface area contributed by atoms with E-state index in [1.807, 2.05) is 4.68 Å². The van der Waals surface area contributed by atoms with Crippen molar-refractivity contribution in [2.75, 3.05) is 13.1 Å². The van der Waals surface area contributed by atoms with Crippen LogP contribution in [0.15, 0.2) is 0 Å². The normalized spacial score (nSPS) is 26.7. The fourth-order valence-corrected chi connectivity index (χ4v) is 4.15. The third-order valence-electron chi connectivity index (χ3n) is 5.66. The first kappa shape index (κ1) is 19.5. The molecule has 1 aromatic rings. The lowest BCUT2D eigenvalue weighted by Crippen LogP contribution is -2.37. The predicted octanol–water partition coefficient (Wildman–Crippen LogP) is 2.02. The number of carbonyl (C=O) groups is 1. The predicted molar refractivity (Wildman–Crippen MR) is 96.7 cm³/mol. The van der Waals surface area contributed by atoms with Gasteiger partial charge in [0.25, 0.3) is 0 Å². The quantitative estimate of drug-likeness (QED) is 0.847. The zero-order valence-corrected chi connectivity index (χ0v) is 15.7. The number of aromatic nitrogens is 3. The molecule has 2 N–H and O–H groups in total. The molecule has 2 aliphatic heterocycles. The highest BCUT2D eigenvalue weighted by Gasteiger charge is 2.57. The second kappa shape index (κ2) is 7.58. The molecule has 1 aliphatic carbocycles. The molecule has 2 atom stereocenters. The van der Waals surface area contributed by atoms with Crippen LogP contribution in [0.4, 0.5) is 0 Å². The van der Waals surface area contributed by atoms with Crippen LogP contribution < -0.4 is 10.6 Å². The first-order chi connectivity index (χ1) is 10.7. The maximum Gasteiger partial charge on any atom is 0.224 e. The summed E-state index contributed by atoms with van der Waals surface area (Å²) in [4.78, 5) is 17.3. The Bertz CT molecular complexity index is 585. The van der Waals surface area contributed by atoms with E-state index < -0.39 is 0 Å². The van der Waals surface area contributed by atoms with Crippen LogP contribution in [0.25, 0.3) is 0 Å². The summed E-state index contributed by atoms with van der Waals surface area (Å²) >= 11 is 0. The number of fused-ring (bicyclic) bond motifs is 1. The number of amides is 1. The fraction of sp³-hybridized carbons (Fsp3) is 0.812. The molecule has 1 aromatic heterocycles. The summed E-state index contributed by atoms with van der Waals surface area (Å²) in [6, 6.07) is 0.0495. The van der Waals surface area contributed by atoms with Gasteiger partial charge in [-0.1, -0.05) is 6.92 Å². The minimum atomic E-state index is 0. The van der Waals surface area contributed by atoms with Crippen molar-refractivity contribution in [3.05, 3.63) is 11.6 Å². The van der Waals surface area contributed by atoms with Crippen molar-refractivity contribution in [1.29, 1.82) is 0 Å². The topological polar surface area (TPSA) is 71.8 Å². The molecule has 2 unspecified atom stereocenters. The van der Waals surface area contributed by atoms with Crippen molar-refractivity contribution in [2.24, 2.45) is 11.3 Å². The minimum absolute atomic E-state index is 0. The number of rotatable bonds is 3. The molecule has 3 aliphatic rings. The number of nitrogens with zero attached hydrogens (tertiary/aromatic N) is 3. The molecule has 0 bridgehead atoms. The Balaban J connectivity index is 0.00000104. The summed E-state index contributed by atoms with van der Waals surface area (Å²) in [5, 5.41) is 11.2. The van der Waals surface area contributed by atoms with Crippen LogP contribution in [0.2, 0.25) is 0 Å². The Hall–Kier alpha value is -0.850. The van der Waals surface area contributed by atoms with E-state index in [-0.39, 0.29) is 42.7 Å². The highest BCUT2D eigenvalue weighted by Crippen LogP contribution is 2.58. The van der Waals surface area contributed by atoms with Gasteiger partial charge in [-0.3, -0.25) is 4.79 Å². The summed E-state index contributed by atoms with van der Waals surface area (Å²) in [6.45, 7) is 5.11.